The summed E-state index contributed by atoms with van der Waals surface area (Å²) in [5, 5.41) is 2.47. The Morgan fingerprint density at radius 1 is 1.10 bits per heavy atom. The fraction of sp³-hybridized carbons (Fsp3) is 0.357. The van der Waals surface area contributed by atoms with E-state index in [1.165, 1.54) is 14.2 Å². The molecule has 0 saturated heterocycles. The predicted octanol–water partition coefficient (Wildman–Crippen LogP) is 0.450. The van der Waals surface area contributed by atoms with Crippen LogP contribution in [0.2, 0.25) is 0 Å². The van der Waals surface area contributed by atoms with Gasteiger partial charge in [0.15, 0.2) is 0 Å². The molecule has 0 aliphatic rings. The van der Waals surface area contributed by atoms with Gasteiger partial charge in [-0.15, -0.1) is 0 Å². The summed E-state index contributed by atoms with van der Waals surface area (Å²) >= 11 is 0. The second-order valence-corrected chi connectivity index (χ2v) is 4.09. The standard InChI is InChI=1S/C14H17NO5/c1-19-13(17)9-12(16)15-11(14(18)20-2)8-10-6-4-3-5-7-10/h3-7,11H,8-9H2,1-2H3,(H,15,16)/t11-/m1/s1. The summed E-state index contributed by atoms with van der Waals surface area (Å²) in [7, 11) is 2.43. The van der Waals surface area contributed by atoms with Gasteiger partial charge in [-0.1, -0.05) is 30.3 Å². The molecule has 0 fully saturated rings. The van der Waals surface area contributed by atoms with Gasteiger partial charge in [-0.2, -0.15) is 0 Å². The number of nitrogens with one attached hydrogen (secondary N) is 1. The van der Waals surface area contributed by atoms with Gasteiger partial charge >= 0.3 is 11.9 Å². The number of benzene rings is 1. The zero-order chi connectivity index (χ0) is 15.0. The minimum atomic E-state index is -0.834. The second kappa shape index (κ2) is 7.93. The molecule has 0 aliphatic carbocycles. The molecule has 108 valence electrons. The van der Waals surface area contributed by atoms with E-state index in [4.69, 9.17) is 0 Å². The highest BCUT2D eigenvalue weighted by Gasteiger charge is 2.23. The first kappa shape index (κ1) is 15.7. The fourth-order valence-electron chi connectivity index (χ4n) is 1.63. The third-order valence-electron chi connectivity index (χ3n) is 2.64. The molecular weight excluding hydrogens is 262 g/mol. The summed E-state index contributed by atoms with van der Waals surface area (Å²) < 4.78 is 9.04. The summed E-state index contributed by atoms with van der Waals surface area (Å²) in [6, 6.07) is 8.36. The molecule has 1 amide bonds. The van der Waals surface area contributed by atoms with E-state index in [9.17, 15) is 14.4 Å². The molecule has 20 heavy (non-hydrogen) atoms. The van der Waals surface area contributed by atoms with Gasteiger partial charge in [0.05, 0.1) is 14.2 Å². The highest BCUT2D eigenvalue weighted by molar-refractivity contribution is 5.96. The van der Waals surface area contributed by atoms with Crippen LogP contribution in [-0.2, 0) is 30.3 Å². The molecule has 6 nitrogen and oxygen atoms in total. The summed E-state index contributed by atoms with van der Waals surface area (Å²) in [6.07, 6.45) is -0.140. The van der Waals surface area contributed by atoms with Crippen LogP contribution < -0.4 is 5.32 Å². The quantitative estimate of drug-likeness (QED) is 0.604. The van der Waals surface area contributed by atoms with Crippen molar-refractivity contribution >= 4 is 17.8 Å². The van der Waals surface area contributed by atoms with E-state index in [0.29, 0.717) is 6.42 Å². The number of rotatable bonds is 6. The lowest BCUT2D eigenvalue weighted by atomic mass is 10.1. The molecule has 0 unspecified atom stereocenters. The van der Waals surface area contributed by atoms with Gasteiger partial charge in [0.1, 0.15) is 12.5 Å². The lowest BCUT2D eigenvalue weighted by Gasteiger charge is -2.16. The largest absolute Gasteiger partial charge is 0.469 e. The Morgan fingerprint density at radius 2 is 1.75 bits per heavy atom. The van der Waals surface area contributed by atoms with Crippen molar-refractivity contribution in [3.05, 3.63) is 35.9 Å². The van der Waals surface area contributed by atoms with Crippen molar-refractivity contribution < 1.29 is 23.9 Å². The highest BCUT2D eigenvalue weighted by atomic mass is 16.5. The zero-order valence-corrected chi connectivity index (χ0v) is 11.4. The Hall–Kier alpha value is -2.37. The fourth-order valence-corrected chi connectivity index (χ4v) is 1.63. The van der Waals surface area contributed by atoms with Crippen LogP contribution in [0.1, 0.15) is 12.0 Å². The molecule has 0 saturated carbocycles. The third-order valence-corrected chi connectivity index (χ3v) is 2.64. The monoisotopic (exact) mass is 279 g/mol. The van der Waals surface area contributed by atoms with Crippen molar-refractivity contribution in [1.29, 1.82) is 0 Å². The van der Waals surface area contributed by atoms with Crippen molar-refractivity contribution in [2.75, 3.05) is 14.2 Å². The van der Waals surface area contributed by atoms with Crippen molar-refractivity contribution in [3.63, 3.8) is 0 Å². The normalized spacial score (nSPS) is 11.3. The molecular formula is C14H17NO5. The molecule has 0 aliphatic heterocycles. The number of hydrogen-bond acceptors (Lipinski definition) is 5. The maximum Gasteiger partial charge on any atom is 0.328 e. The van der Waals surface area contributed by atoms with Crippen LogP contribution in [-0.4, -0.2) is 38.1 Å². The van der Waals surface area contributed by atoms with Crippen LogP contribution in [0.25, 0.3) is 0 Å². The Bertz CT molecular complexity index is 472. The Kier molecular flexibility index (Phi) is 6.22. The van der Waals surface area contributed by atoms with Crippen molar-refractivity contribution in [2.45, 2.75) is 18.9 Å². The van der Waals surface area contributed by atoms with Crippen LogP contribution in [0.4, 0.5) is 0 Å². The molecule has 0 radical (unpaired) electrons. The van der Waals surface area contributed by atoms with Gasteiger partial charge in [-0.05, 0) is 5.56 Å². The number of carbonyl (C=O) groups excluding carboxylic acids is 3. The lowest BCUT2D eigenvalue weighted by Crippen LogP contribution is -2.43. The number of ether oxygens (including phenoxy) is 2. The van der Waals surface area contributed by atoms with Crippen LogP contribution in [0.15, 0.2) is 30.3 Å². The maximum atomic E-state index is 11.7. The summed E-state index contributed by atoms with van der Waals surface area (Å²) in [5.41, 5.74) is 0.876. The Labute approximate surface area is 117 Å². The van der Waals surface area contributed by atoms with Crippen LogP contribution >= 0.6 is 0 Å². The molecule has 1 N–H and O–H groups in total. The van der Waals surface area contributed by atoms with Gasteiger partial charge in [-0.25, -0.2) is 4.79 Å². The van der Waals surface area contributed by atoms with Crippen molar-refractivity contribution in [3.8, 4) is 0 Å². The number of methoxy groups -OCH3 is 2. The molecule has 0 heterocycles. The number of esters is 2. The SMILES string of the molecule is COC(=O)CC(=O)N[C@H](Cc1ccccc1)C(=O)OC. The first-order valence-corrected chi connectivity index (χ1v) is 6.04. The molecule has 0 aromatic heterocycles. The average molecular weight is 279 g/mol. The summed E-state index contributed by atoms with van der Waals surface area (Å²) in [5.74, 6) is -1.80. The van der Waals surface area contributed by atoms with Crippen molar-refractivity contribution in [2.24, 2.45) is 0 Å². The smallest absolute Gasteiger partial charge is 0.328 e. The van der Waals surface area contributed by atoms with E-state index in [0.717, 1.165) is 5.56 Å². The Balaban J connectivity index is 2.68. The predicted molar refractivity (Wildman–Crippen MR) is 70.7 cm³/mol. The molecule has 0 bridgehead atoms. The molecule has 1 rings (SSSR count). The van der Waals surface area contributed by atoms with Gasteiger partial charge < -0.3 is 14.8 Å². The van der Waals surface area contributed by atoms with Gasteiger partial charge in [0.2, 0.25) is 5.91 Å². The van der Waals surface area contributed by atoms with Gasteiger partial charge in [0.25, 0.3) is 0 Å². The van der Waals surface area contributed by atoms with Gasteiger partial charge in [-0.3, -0.25) is 9.59 Å². The summed E-state index contributed by atoms with van der Waals surface area (Å²) in [6.45, 7) is 0. The van der Waals surface area contributed by atoms with E-state index in [-0.39, 0.29) is 0 Å². The van der Waals surface area contributed by atoms with E-state index >= 15 is 0 Å². The van der Waals surface area contributed by atoms with Crippen LogP contribution in [0, 0.1) is 0 Å². The zero-order valence-electron chi connectivity index (χ0n) is 11.4. The second-order valence-electron chi connectivity index (χ2n) is 4.09. The van der Waals surface area contributed by atoms with E-state index in [1.54, 1.807) is 0 Å². The van der Waals surface area contributed by atoms with Gasteiger partial charge in [0, 0.05) is 6.42 Å². The number of amides is 1. The number of carbonyl (C=O) groups is 3. The molecule has 0 spiro atoms. The Morgan fingerprint density at radius 3 is 2.30 bits per heavy atom. The molecule has 1 aromatic rings. The first-order chi connectivity index (χ1) is 9.56. The lowest BCUT2D eigenvalue weighted by molar-refractivity contribution is -0.148. The minimum Gasteiger partial charge on any atom is -0.469 e. The van der Waals surface area contributed by atoms with E-state index in [2.05, 4.69) is 14.8 Å². The average Bonchev–Trinajstić information content (AvgIpc) is 2.46. The molecule has 1 aromatic carbocycles. The third kappa shape index (κ3) is 5.09. The van der Waals surface area contributed by atoms with Crippen LogP contribution in [0.5, 0.6) is 0 Å². The minimum absolute atomic E-state index is 0.292. The first-order valence-electron chi connectivity index (χ1n) is 6.04. The topological polar surface area (TPSA) is 81.7 Å². The summed E-state index contributed by atoms with van der Waals surface area (Å²) in [4.78, 5) is 34.3. The van der Waals surface area contributed by atoms with E-state index in [1.807, 2.05) is 30.3 Å². The number of hydrogen-bond donors (Lipinski definition) is 1. The molecule has 6 heteroatoms. The van der Waals surface area contributed by atoms with Crippen molar-refractivity contribution in [1.82, 2.24) is 5.32 Å². The molecule has 1 atom stereocenters. The highest BCUT2D eigenvalue weighted by Crippen LogP contribution is 2.05. The van der Waals surface area contributed by atoms with E-state index < -0.39 is 30.3 Å². The van der Waals surface area contributed by atoms with Crippen LogP contribution in [0.3, 0.4) is 0 Å². The maximum absolute atomic E-state index is 11.7.